The molecule has 3 saturated heterocycles. The average Bonchev–Trinajstić information content (AvgIpc) is 3.41. The number of fused-ring (bicyclic) bond motifs is 2. The van der Waals surface area contributed by atoms with Gasteiger partial charge in [0.25, 0.3) is 5.91 Å². The molecule has 0 saturated carbocycles. The highest BCUT2D eigenvalue weighted by Crippen LogP contribution is 2.40. The Labute approximate surface area is 210 Å². The molecule has 2 bridgehead atoms. The maximum atomic E-state index is 13.0. The van der Waals surface area contributed by atoms with Crippen molar-refractivity contribution < 1.29 is 9.53 Å². The maximum Gasteiger partial charge on any atom is 0.253 e. The molecular formula is C30H39N3O2. The summed E-state index contributed by atoms with van der Waals surface area (Å²) in [5.74, 6) is 1.06. The summed E-state index contributed by atoms with van der Waals surface area (Å²) < 4.78 is 5.62. The highest BCUT2D eigenvalue weighted by molar-refractivity contribution is 5.94. The highest BCUT2D eigenvalue weighted by Gasteiger charge is 2.39. The molecule has 3 aliphatic rings. The second-order valence-electron chi connectivity index (χ2n) is 10.3. The number of benzene rings is 2. The van der Waals surface area contributed by atoms with E-state index in [1.165, 1.54) is 36.8 Å². The van der Waals surface area contributed by atoms with Gasteiger partial charge in [0.15, 0.2) is 0 Å². The Morgan fingerprint density at radius 1 is 1.00 bits per heavy atom. The van der Waals surface area contributed by atoms with Gasteiger partial charge in [-0.1, -0.05) is 36.8 Å². The third-order valence-electron chi connectivity index (χ3n) is 8.13. The summed E-state index contributed by atoms with van der Waals surface area (Å²) in [5.41, 5.74) is 3.32. The van der Waals surface area contributed by atoms with Gasteiger partial charge < -0.3 is 9.64 Å². The van der Waals surface area contributed by atoms with Crippen molar-refractivity contribution in [2.45, 2.75) is 56.7 Å². The first-order valence-corrected chi connectivity index (χ1v) is 13.3. The summed E-state index contributed by atoms with van der Waals surface area (Å²) in [6.07, 6.45) is 9.19. The van der Waals surface area contributed by atoms with Crippen LogP contribution in [0.3, 0.4) is 0 Å². The number of hydrogen-bond donors (Lipinski definition) is 0. The largest absolute Gasteiger partial charge is 0.497 e. The van der Waals surface area contributed by atoms with Crippen LogP contribution >= 0.6 is 0 Å². The zero-order valence-corrected chi connectivity index (χ0v) is 21.1. The summed E-state index contributed by atoms with van der Waals surface area (Å²) in [6.45, 7) is 8.90. The van der Waals surface area contributed by atoms with Gasteiger partial charge in [-0.05, 0) is 67.5 Å². The molecule has 5 heteroatoms. The molecule has 5 nitrogen and oxygen atoms in total. The molecule has 5 rings (SSSR count). The Hall–Kier alpha value is -2.63. The molecule has 3 heterocycles. The van der Waals surface area contributed by atoms with Crippen molar-refractivity contribution in [1.29, 1.82) is 0 Å². The molecule has 0 radical (unpaired) electrons. The number of rotatable bonds is 7. The quantitative estimate of drug-likeness (QED) is 0.522. The van der Waals surface area contributed by atoms with Crippen LogP contribution in [0.2, 0.25) is 0 Å². The van der Waals surface area contributed by atoms with Crippen LogP contribution in [0.4, 0.5) is 0 Å². The average molecular weight is 474 g/mol. The van der Waals surface area contributed by atoms with Gasteiger partial charge >= 0.3 is 0 Å². The minimum atomic E-state index is 0.139. The second kappa shape index (κ2) is 11.0. The van der Waals surface area contributed by atoms with Crippen molar-refractivity contribution in [3.05, 3.63) is 77.9 Å². The van der Waals surface area contributed by atoms with Crippen molar-refractivity contribution in [3.8, 4) is 5.75 Å². The van der Waals surface area contributed by atoms with Crippen molar-refractivity contribution in [3.63, 3.8) is 0 Å². The first-order valence-electron chi connectivity index (χ1n) is 13.3. The van der Waals surface area contributed by atoms with Gasteiger partial charge in [0.05, 0.1) is 13.2 Å². The predicted molar refractivity (Wildman–Crippen MR) is 141 cm³/mol. The fourth-order valence-electron chi connectivity index (χ4n) is 6.41. The van der Waals surface area contributed by atoms with E-state index in [0.29, 0.717) is 12.1 Å². The van der Waals surface area contributed by atoms with Crippen molar-refractivity contribution in [2.75, 3.05) is 39.8 Å². The fourth-order valence-corrected chi connectivity index (χ4v) is 6.41. The number of ether oxygens (including phenoxy) is 1. The lowest BCUT2D eigenvalue weighted by atomic mass is 9.87. The van der Waals surface area contributed by atoms with E-state index in [9.17, 15) is 4.79 Å². The normalized spacial score (nSPS) is 24.1. The van der Waals surface area contributed by atoms with E-state index in [0.717, 1.165) is 56.9 Å². The van der Waals surface area contributed by atoms with Crippen LogP contribution < -0.4 is 4.74 Å². The lowest BCUT2D eigenvalue weighted by molar-refractivity contribution is 0.0562. The van der Waals surface area contributed by atoms with Crippen LogP contribution in [0.5, 0.6) is 5.75 Å². The molecule has 0 spiro atoms. The summed E-state index contributed by atoms with van der Waals surface area (Å²) in [7, 11) is 1.74. The first kappa shape index (κ1) is 24.1. The van der Waals surface area contributed by atoms with Gasteiger partial charge in [-0.25, -0.2) is 0 Å². The summed E-state index contributed by atoms with van der Waals surface area (Å²) in [6, 6.07) is 18.2. The van der Waals surface area contributed by atoms with Crippen LogP contribution in [0, 0.1) is 0 Å². The van der Waals surface area contributed by atoms with Crippen molar-refractivity contribution in [1.82, 2.24) is 14.7 Å². The van der Waals surface area contributed by atoms with E-state index >= 15 is 0 Å². The van der Waals surface area contributed by atoms with Gasteiger partial charge in [0.2, 0.25) is 0 Å². The molecule has 0 N–H and O–H groups in total. The van der Waals surface area contributed by atoms with Crippen LogP contribution in [0.25, 0.3) is 0 Å². The Bertz CT molecular complexity index is 1010. The Kier molecular flexibility index (Phi) is 7.54. The lowest BCUT2D eigenvalue weighted by Crippen LogP contribution is -2.50. The highest BCUT2D eigenvalue weighted by atomic mass is 16.5. The van der Waals surface area contributed by atoms with Gasteiger partial charge in [0, 0.05) is 50.4 Å². The number of hydrogen-bond acceptors (Lipinski definition) is 4. The van der Waals surface area contributed by atoms with Gasteiger partial charge in [-0.15, -0.1) is 6.58 Å². The smallest absolute Gasteiger partial charge is 0.253 e. The summed E-state index contributed by atoms with van der Waals surface area (Å²) >= 11 is 0. The van der Waals surface area contributed by atoms with Crippen molar-refractivity contribution in [2.24, 2.45) is 0 Å². The van der Waals surface area contributed by atoms with E-state index in [1.807, 2.05) is 29.2 Å². The third-order valence-corrected chi connectivity index (χ3v) is 8.13. The zero-order valence-electron chi connectivity index (χ0n) is 21.1. The number of piperidine rings is 1. The Morgan fingerprint density at radius 2 is 1.77 bits per heavy atom. The molecule has 0 aromatic heterocycles. The fraction of sp³-hybridized carbons (Fsp3) is 0.500. The molecule has 3 unspecified atom stereocenters. The number of likely N-dealkylation sites (tertiary alicyclic amines) is 1. The Morgan fingerprint density at radius 3 is 2.51 bits per heavy atom. The maximum absolute atomic E-state index is 13.0. The molecule has 0 aliphatic carbocycles. The standard InChI is InChI=1S/C30H39N3O2/c1-3-17-31-20-16-26-9-7-10-27(22-31)33(26)29(25-8-6-11-28(21-25)35-2)23-12-14-24(15-13-23)30(34)32-18-4-5-19-32/h3,6,8,11-15,21,26-27,29H,1,4-5,7,9-10,16-20,22H2,2H3. The van der Waals surface area contributed by atoms with Crippen LogP contribution in [-0.4, -0.2) is 72.5 Å². The first-order chi connectivity index (χ1) is 17.2. The number of amides is 1. The number of methoxy groups -OCH3 is 1. The van der Waals surface area contributed by atoms with Crippen LogP contribution in [-0.2, 0) is 0 Å². The van der Waals surface area contributed by atoms with Gasteiger partial charge in [-0.2, -0.15) is 0 Å². The SMILES string of the molecule is C=CCN1CCC2CCCC(C1)N2C(c1ccc(C(=O)N2CCCC2)cc1)c1cccc(OC)c1. The Balaban J connectivity index is 1.51. The molecule has 3 fully saturated rings. The monoisotopic (exact) mass is 473 g/mol. The molecule has 2 aromatic rings. The van der Waals surface area contributed by atoms with E-state index in [1.54, 1.807) is 7.11 Å². The van der Waals surface area contributed by atoms with E-state index in [-0.39, 0.29) is 11.9 Å². The molecule has 2 aromatic carbocycles. The predicted octanol–water partition coefficient (Wildman–Crippen LogP) is 5.14. The van der Waals surface area contributed by atoms with E-state index in [4.69, 9.17) is 4.74 Å². The van der Waals surface area contributed by atoms with Crippen molar-refractivity contribution >= 4 is 5.91 Å². The molecule has 35 heavy (non-hydrogen) atoms. The van der Waals surface area contributed by atoms with Gasteiger partial charge in [0.1, 0.15) is 5.75 Å². The zero-order chi connectivity index (χ0) is 24.2. The van der Waals surface area contributed by atoms with E-state index < -0.39 is 0 Å². The summed E-state index contributed by atoms with van der Waals surface area (Å²) in [4.78, 5) is 20.3. The minimum absolute atomic E-state index is 0.139. The molecule has 1 amide bonds. The molecular weight excluding hydrogens is 434 g/mol. The topological polar surface area (TPSA) is 36.0 Å². The van der Waals surface area contributed by atoms with Gasteiger partial charge in [-0.3, -0.25) is 14.6 Å². The third kappa shape index (κ3) is 5.17. The lowest BCUT2D eigenvalue weighted by Gasteiger charge is -2.46. The number of carbonyl (C=O) groups is 1. The van der Waals surface area contributed by atoms with Crippen LogP contribution in [0.15, 0.2) is 61.2 Å². The van der Waals surface area contributed by atoms with Crippen LogP contribution in [0.1, 0.15) is 66.1 Å². The summed E-state index contributed by atoms with van der Waals surface area (Å²) in [5, 5.41) is 0. The van der Waals surface area contributed by atoms with E-state index in [2.05, 4.69) is 46.7 Å². The molecule has 3 aliphatic heterocycles. The molecule has 3 atom stereocenters. The number of nitrogens with zero attached hydrogens (tertiary/aromatic N) is 3. The molecule has 186 valence electrons. The second-order valence-corrected chi connectivity index (χ2v) is 10.3. The number of carbonyl (C=O) groups excluding carboxylic acids is 1. The minimum Gasteiger partial charge on any atom is -0.497 e.